The lowest BCUT2D eigenvalue weighted by atomic mass is 10.1. The third kappa shape index (κ3) is 3.82. The van der Waals surface area contributed by atoms with Gasteiger partial charge in [-0.05, 0) is 35.0 Å². The van der Waals surface area contributed by atoms with Gasteiger partial charge in [-0.2, -0.15) is 9.36 Å². The number of amides is 1. The Balaban J connectivity index is 1.70. The SMILES string of the molecule is Cc1ccc(CN(C)C(=O)Cn2nnn(-c3ccccc3)c2=O)cc1. The van der Waals surface area contributed by atoms with E-state index in [9.17, 15) is 9.59 Å². The van der Waals surface area contributed by atoms with E-state index in [1.165, 1.54) is 10.2 Å². The van der Waals surface area contributed by atoms with Gasteiger partial charge in [-0.1, -0.05) is 48.0 Å². The van der Waals surface area contributed by atoms with Crippen molar-refractivity contribution in [1.29, 1.82) is 0 Å². The highest BCUT2D eigenvalue weighted by molar-refractivity contribution is 5.75. The van der Waals surface area contributed by atoms with Crippen molar-refractivity contribution in [3.63, 3.8) is 0 Å². The van der Waals surface area contributed by atoms with Crippen molar-refractivity contribution >= 4 is 5.91 Å². The summed E-state index contributed by atoms with van der Waals surface area (Å²) in [5.41, 5.74) is 2.37. The van der Waals surface area contributed by atoms with Crippen LogP contribution in [0.1, 0.15) is 11.1 Å². The van der Waals surface area contributed by atoms with E-state index in [0.717, 1.165) is 10.2 Å². The molecule has 1 amide bonds. The molecule has 2 aromatic carbocycles. The number of para-hydroxylation sites is 1. The first-order valence-corrected chi connectivity index (χ1v) is 7.92. The minimum absolute atomic E-state index is 0.145. The number of rotatable bonds is 5. The molecule has 0 unspecified atom stereocenters. The molecule has 0 atom stereocenters. The van der Waals surface area contributed by atoms with Gasteiger partial charge in [-0.25, -0.2) is 4.79 Å². The quantitative estimate of drug-likeness (QED) is 0.705. The van der Waals surface area contributed by atoms with Crippen LogP contribution in [-0.4, -0.2) is 37.6 Å². The summed E-state index contributed by atoms with van der Waals surface area (Å²) in [5, 5.41) is 7.64. The Morgan fingerprint density at radius 2 is 1.72 bits per heavy atom. The van der Waals surface area contributed by atoms with Crippen molar-refractivity contribution in [2.75, 3.05) is 7.05 Å². The normalized spacial score (nSPS) is 10.6. The Morgan fingerprint density at radius 3 is 2.40 bits per heavy atom. The Bertz CT molecular complexity index is 913. The number of carbonyl (C=O) groups is 1. The molecule has 1 heterocycles. The number of nitrogens with zero attached hydrogens (tertiary/aromatic N) is 5. The molecule has 7 nitrogen and oxygen atoms in total. The van der Waals surface area contributed by atoms with Crippen molar-refractivity contribution in [2.45, 2.75) is 20.0 Å². The molecule has 0 aliphatic heterocycles. The maximum absolute atomic E-state index is 12.4. The third-order valence-corrected chi connectivity index (χ3v) is 3.89. The standard InChI is InChI=1S/C18H19N5O2/c1-14-8-10-15(11-9-14)12-21(2)17(24)13-22-18(25)23(20-19-22)16-6-4-3-5-7-16/h3-11H,12-13H2,1-2H3. The zero-order valence-electron chi connectivity index (χ0n) is 14.2. The van der Waals surface area contributed by atoms with E-state index in [1.54, 1.807) is 36.2 Å². The van der Waals surface area contributed by atoms with E-state index < -0.39 is 5.69 Å². The summed E-state index contributed by atoms with van der Waals surface area (Å²) < 4.78 is 2.24. The van der Waals surface area contributed by atoms with Crippen molar-refractivity contribution < 1.29 is 4.79 Å². The van der Waals surface area contributed by atoms with Crippen molar-refractivity contribution in [1.82, 2.24) is 24.7 Å². The summed E-state index contributed by atoms with van der Waals surface area (Å²) in [6.45, 7) is 2.34. The van der Waals surface area contributed by atoms with Gasteiger partial charge in [-0.3, -0.25) is 4.79 Å². The van der Waals surface area contributed by atoms with Crippen LogP contribution in [0, 0.1) is 6.92 Å². The highest BCUT2D eigenvalue weighted by Crippen LogP contribution is 2.06. The summed E-state index contributed by atoms with van der Waals surface area (Å²) in [4.78, 5) is 26.3. The lowest BCUT2D eigenvalue weighted by Gasteiger charge is -2.16. The van der Waals surface area contributed by atoms with Crippen LogP contribution >= 0.6 is 0 Å². The molecule has 1 aromatic heterocycles. The van der Waals surface area contributed by atoms with Crippen LogP contribution in [0.25, 0.3) is 5.69 Å². The molecule has 0 aliphatic carbocycles. The van der Waals surface area contributed by atoms with E-state index in [0.29, 0.717) is 12.2 Å². The second-order valence-electron chi connectivity index (χ2n) is 5.90. The monoisotopic (exact) mass is 337 g/mol. The number of likely N-dealkylation sites (N-methyl/N-ethyl adjacent to an activating group) is 1. The van der Waals surface area contributed by atoms with E-state index in [2.05, 4.69) is 10.4 Å². The van der Waals surface area contributed by atoms with Crippen molar-refractivity contribution in [3.05, 3.63) is 76.2 Å². The predicted molar refractivity (Wildman–Crippen MR) is 93.3 cm³/mol. The summed E-state index contributed by atoms with van der Waals surface area (Å²) in [5.74, 6) is -0.206. The first-order chi connectivity index (χ1) is 12.0. The molecule has 0 N–H and O–H groups in total. The molecule has 0 radical (unpaired) electrons. The topological polar surface area (TPSA) is 73.0 Å². The summed E-state index contributed by atoms with van der Waals surface area (Å²) in [6.07, 6.45) is 0. The van der Waals surface area contributed by atoms with Crippen molar-refractivity contribution in [3.8, 4) is 5.69 Å². The highest BCUT2D eigenvalue weighted by atomic mass is 16.2. The molecule has 7 heteroatoms. The molecule has 0 aliphatic rings. The fraction of sp³-hybridized carbons (Fsp3) is 0.222. The highest BCUT2D eigenvalue weighted by Gasteiger charge is 2.15. The van der Waals surface area contributed by atoms with E-state index in [4.69, 9.17) is 0 Å². The van der Waals surface area contributed by atoms with E-state index >= 15 is 0 Å². The first kappa shape index (κ1) is 16.6. The minimum Gasteiger partial charge on any atom is -0.340 e. The van der Waals surface area contributed by atoms with Gasteiger partial charge in [0.15, 0.2) is 0 Å². The Morgan fingerprint density at radius 1 is 1.04 bits per heavy atom. The lowest BCUT2D eigenvalue weighted by Crippen LogP contribution is -2.34. The molecule has 128 valence electrons. The number of aromatic nitrogens is 4. The first-order valence-electron chi connectivity index (χ1n) is 7.92. The molecule has 0 bridgehead atoms. The third-order valence-electron chi connectivity index (χ3n) is 3.89. The van der Waals surface area contributed by atoms with Crippen LogP contribution in [0.3, 0.4) is 0 Å². The van der Waals surface area contributed by atoms with Gasteiger partial charge in [0.25, 0.3) is 0 Å². The fourth-order valence-electron chi connectivity index (χ4n) is 2.41. The van der Waals surface area contributed by atoms with Gasteiger partial charge in [-0.15, -0.1) is 0 Å². The smallest absolute Gasteiger partial charge is 0.340 e. The number of carbonyl (C=O) groups excluding carboxylic acids is 1. The summed E-state index contributed by atoms with van der Waals surface area (Å²) in [6, 6.07) is 16.9. The molecule has 25 heavy (non-hydrogen) atoms. The molecule has 3 aromatic rings. The molecule has 0 spiro atoms. The van der Waals surface area contributed by atoms with Crippen LogP contribution in [0.5, 0.6) is 0 Å². The lowest BCUT2D eigenvalue weighted by molar-refractivity contribution is -0.131. The maximum Gasteiger partial charge on any atom is 0.368 e. The van der Waals surface area contributed by atoms with Gasteiger partial charge >= 0.3 is 5.69 Å². The van der Waals surface area contributed by atoms with Crippen LogP contribution in [-0.2, 0) is 17.9 Å². The zero-order chi connectivity index (χ0) is 17.8. The maximum atomic E-state index is 12.4. The van der Waals surface area contributed by atoms with Crippen LogP contribution < -0.4 is 5.69 Å². The predicted octanol–water partition coefficient (Wildman–Crippen LogP) is 1.40. The van der Waals surface area contributed by atoms with Crippen LogP contribution in [0.15, 0.2) is 59.4 Å². The number of tetrazole rings is 1. The van der Waals surface area contributed by atoms with Crippen LogP contribution in [0.4, 0.5) is 0 Å². The van der Waals surface area contributed by atoms with Gasteiger partial charge in [0, 0.05) is 13.6 Å². The molecule has 0 fully saturated rings. The van der Waals surface area contributed by atoms with Crippen LogP contribution in [0.2, 0.25) is 0 Å². The largest absolute Gasteiger partial charge is 0.368 e. The fourth-order valence-corrected chi connectivity index (χ4v) is 2.41. The molecule has 0 saturated heterocycles. The minimum atomic E-state index is -0.441. The average molecular weight is 337 g/mol. The number of hydrogen-bond acceptors (Lipinski definition) is 4. The second-order valence-corrected chi connectivity index (χ2v) is 5.90. The Labute approximate surface area is 145 Å². The molecule has 0 saturated carbocycles. The van der Waals surface area contributed by atoms with E-state index in [-0.39, 0.29) is 12.5 Å². The van der Waals surface area contributed by atoms with Gasteiger partial charge in [0.2, 0.25) is 5.91 Å². The number of benzene rings is 2. The number of hydrogen-bond donors (Lipinski definition) is 0. The Hall–Kier alpha value is -3.22. The summed E-state index contributed by atoms with van der Waals surface area (Å²) in [7, 11) is 1.70. The molecular formula is C18H19N5O2. The van der Waals surface area contributed by atoms with Gasteiger partial charge in [0.1, 0.15) is 6.54 Å². The van der Waals surface area contributed by atoms with E-state index in [1.807, 2.05) is 37.3 Å². The molecule has 3 rings (SSSR count). The van der Waals surface area contributed by atoms with Gasteiger partial charge < -0.3 is 4.90 Å². The average Bonchev–Trinajstić information content (AvgIpc) is 2.98. The summed E-state index contributed by atoms with van der Waals surface area (Å²) >= 11 is 0. The second kappa shape index (κ2) is 7.12. The van der Waals surface area contributed by atoms with Gasteiger partial charge in [0.05, 0.1) is 5.69 Å². The Kier molecular flexibility index (Phi) is 4.74. The zero-order valence-corrected chi connectivity index (χ0v) is 14.2. The number of aryl methyl sites for hydroxylation is 1. The molecular weight excluding hydrogens is 318 g/mol. The van der Waals surface area contributed by atoms with Crippen molar-refractivity contribution in [2.24, 2.45) is 0 Å².